The zero-order valence-electron chi connectivity index (χ0n) is 12.7. The molecule has 0 aromatic heterocycles. The molecule has 0 fully saturated rings. The summed E-state index contributed by atoms with van der Waals surface area (Å²) in [4.78, 5) is 22.9. The first kappa shape index (κ1) is 17.0. The van der Waals surface area contributed by atoms with Crippen molar-refractivity contribution in [2.45, 2.75) is 13.0 Å². The minimum atomic E-state index is -0.502. The minimum Gasteiger partial charge on any atom is -0.366 e. The van der Waals surface area contributed by atoms with E-state index in [4.69, 9.17) is 17.3 Å². The summed E-state index contributed by atoms with van der Waals surface area (Å²) in [6.07, 6.45) is 0. The van der Waals surface area contributed by atoms with Crippen LogP contribution in [-0.2, 0) is 4.79 Å². The van der Waals surface area contributed by atoms with Gasteiger partial charge in [0.05, 0.1) is 6.54 Å². The molecule has 0 heterocycles. The van der Waals surface area contributed by atoms with Gasteiger partial charge in [-0.05, 0) is 42.8 Å². The molecule has 23 heavy (non-hydrogen) atoms. The predicted molar refractivity (Wildman–Crippen MR) is 91.5 cm³/mol. The smallest absolute Gasteiger partial charge is 0.248 e. The fourth-order valence-corrected chi connectivity index (χ4v) is 2.40. The molecule has 1 atom stereocenters. The van der Waals surface area contributed by atoms with E-state index in [0.29, 0.717) is 16.3 Å². The number of hydrogen-bond donors (Lipinski definition) is 3. The highest BCUT2D eigenvalue weighted by atomic mass is 35.5. The number of anilines is 1. The summed E-state index contributed by atoms with van der Waals surface area (Å²) < 4.78 is 0. The van der Waals surface area contributed by atoms with Crippen LogP contribution in [0.1, 0.15) is 28.9 Å². The fourth-order valence-electron chi connectivity index (χ4n) is 2.11. The number of hydrogen-bond acceptors (Lipinski definition) is 3. The molecule has 2 aromatic carbocycles. The van der Waals surface area contributed by atoms with Crippen molar-refractivity contribution in [3.63, 3.8) is 0 Å². The van der Waals surface area contributed by atoms with Gasteiger partial charge >= 0.3 is 0 Å². The molecule has 0 spiro atoms. The Kier molecular flexibility index (Phi) is 5.73. The van der Waals surface area contributed by atoms with Gasteiger partial charge in [0.25, 0.3) is 0 Å². The van der Waals surface area contributed by atoms with Crippen molar-refractivity contribution in [1.82, 2.24) is 5.32 Å². The third kappa shape index (κ3) is 4.81. The first-order chi connectivity index (χ1) is 11.0. The number of primary amides is 1. The molecule has 2 amide bonds. The van der Waals surface area contributed by atoms with Gasteiger partial charge in [0, 0.05) is 22.3 Å². The molecule has 0 aliphatic rings. The Bertz CT molecular complexity index is 701. The Morgan fingerprint density at radius 1 is 1.13 bits per heavy atom. The van der Waals surface area contributed by atoms with Crippen molar-refractivity contribution < 1.29 is 9.59 Å². The lowest BCUT2D eigenvalue weighted by Gasteiger charge is -2.15. The van der Waals surface area contributed by atoms with Crippen LogP contribution in [0.4, 0.5) is 5.69 Å². The first-order valence-corrected chi connectivity index (χ1v) is 7.52. The van der Waals surface area contributed by atoms with Gasteiger partial charge in [-0.15, -0.1) is 0 Å². The van der Waals surface area contributed by atoms with Crippen LogP contribution >= 0.6 is 11.6 Å². The lowest BCUT2D eigenvalue weighted by atomic mass is 10.1. The summed E-state index contributed by atoms with van der Waals surface area (Å²) >= 11 is 6.13. The highest BCUT2D eigenvalue weighted by Gasteiger charge is 2.10. The van der Waals surface area contributed by atoms with E-state index >= 15 is 0 Å². The molecule has 0 saturated carbocycles. The molecule has 0 bridgehead atoms. The summed E-state index contributed by atoms with van der Waals surface area (Å²) in [7, 11) is 0. The van der Waals surface area contributed by atoms with E-state index in [9.17, 15) is 9.59 Å². The van der Waals surface area contributed by atoms with Gasteiger partial charge in [0.2, 0.25) is 11.8 Å². The number of halogens is 1. The number of rotatable bonds is 6. The van der Waals surface area contributed by atoms with Crippen LogP contribution in [0.5, 0.6) is 0 Å². The average Bonchev–Trinajstić information content (AvgIpc) is 2.53. The van der Waals surface area contributed by atoms with E-state index in [0.717, 1.165) is 5.56 Å². The second-order valence-corrected chi connectivity index (χ2v) is 5.52. The van der Waals surface area contributed by atoms with Gasteiger partial charge in [-0.2, -0.15) is 0 Å². The molecule has 2 rings (SSSR count). The SMILES string of the molecule is C[C@H](NCC(=O)Nc1ccc(C(N)=O)cc1)c1ccccc1Cl. The summed E-state index contributed by atoms with van der Waals surface area (Å²) in [5.41, 5.74) is 7.10. The van der Waals surface area contributed by atoms with Crippen molar-refractivity contribution in [2.24, 2.45) is 5.73 Å². The number of carbonyl (C=O) groups is 2. The second-order valence-electron chi connectivity index (χ2n) is 5.11. The first-order valence-electron chi connectivity index (χ1n) is 7.15. The van der Waals surface area contributed by atoms with E-state index in [1.54, 1.807) is 24.3 Å². The molecule has 120 valence electrons. The van der Waals surface area contributed by atoms with Gasteiger partial charge < -0.3 is 16.4 Å². The zero-order valence-corrected chi connectivity index (χ0v) is 13.4. The number of benzene rings is 2. The van der Waals surface area contributed by atoms with Crippen LogP contribution in [0, 0.1) is 0 Å². The molecule has 2 aromatic rings. The minimum absolute atomic E-state index is 0.0494. The Labute approximate surface area is 139 Å². The fraction of sp³-hybridized carbons (Fsp3) is 0.176. The highest BCUT2D eigenvalue weighted by Crippen LogP contribution is 2.21. The van der Waals surface area contributed by atoms with Crippen LogP contribution in [-0.4, -0.2) is 18.4 Å². The standard InChI is InChI=1S/C17H18ClN3O2/c1-11(14-4-2-3-5-15(14)18)20-10-16(22)21-13-8-6-12(7-9-13)17(19)23/h2-9,11,20H,10H2,1H3,(H2,19,23)(H,21,22)/t11-/m0/s1. The molecule has 6 heteroatoms. The van der Waals surface area contributed by atoms with Gasteiger partial charge in [0.1, 0.15) is 0 Å². The predicted octanol–water partition coefficient (Wildman–Crippen LogP) is 2.73. The Morgan fingerprint density at radius 3 is 2.39 bits per heavy atom. The molecule has 0 radical (unpaired) electrons. The zero-order chi connectivity index (χ0) is 16.8. The third-order valence-corrected chi connectivity index (χ3v) is 3.74. The van der Waals surface area contributed by atoms with Crippen LogP contribution in [0.3, 0.4) is 0 Å². The Balaban J connectivity index is 1.87. The summed E-state index contributed by atoms with van der Waals surface area (Å²) in [5.74, 6) is -0.686. The molecule has 5 nitrogen and oxygen atoms in total. The maximum Gasteiger partial charge on any atom is 0.248 e. The van der Waals surface area contributed by atoms with E-state index in [1.165, 1.54) is 0 Å². The number of carbonyl (C=O) groups excluding carboxylic acids is 2. The van der Waals surface area contributed by atoms with Gasteiger partial charge in [-0.1, -0.05) is 29.8 Å². The third-order valence-electron chi connectivity index (χ3n) is 3.39. The van der Waals surface area contributed by atoms with Gasteiger partial charge in [-0.25, -0.2) is 0 Å². The van der Waals surface area contributed by atoms with Crippen molar-refractivity contribution in [3.8, 4) is 0 Å². The van der Waals surface area contributed by atoms with Crippen molar-refractivity contribution in [3.05, 3.63) is 64.7 Å². The maximum absolute atomic E-state index is 12.0. The second kappa shape index (κ2) is 7.76. The number of amides is 2. The van der Waals surface area contributed by atoms with E-state index in [1.807, 2.05) is 31.2 Å². The molecule has 0 saturated heterocycles. The monoisotopic (exact) mass is 331 g/mol. The molecule has 0 aliphatic heterocycles. The Morgan fingerprint density at radius 2 is 1.78 bits per heavy atom. The van der Waals surface area contributed by atoms with Crippen molar-refractivity contribution in [2.75, 3.05) is 11.9 Å². The van der Waals surface area contributed by atoms with Crippen molar-refractivity contribution in [1.29, 1.82) is 0 Å². The number of nitrogens with two attached hydrogens (primary N) is 1. The molecule has 0 unspecified atom stereocenters. The summed E-state index contributed by atoms with van der Waals surface area (Å²) in [6, 6.07) is 13.9. The highest BCUT2D eigenvalue weighted by molar-refractivity contribution is 6.31. The summed E-state index contributed by atoms with van der Waals surface area (Å²) in [5, 5.41) is 6.52. The quantitative estimate of drug-likeness (QED) is 0.761. The van der Waals surface area contributed by atoms with Crippen molar-refractivity contribution >= 4 is 29.1 Å². The molecule has 4 N–H and O–H groups in total. The molecular weight excluding hydrogens is 314 g/mol. The van der Waals surface area contributed by atoms with Crippen LogP contribution in [0.25, 0.3) is 0 Å². The largest absolute Gasteiger partial charge is 0.366 e. The van der Waals surface area contributed by atoms with Crippen LogP contribution in [0.2, 0.25) is 5.02 Å². The average molecular weight is 332 g/mol. The molecule has 0 aliphatic carbocycles. The lowest BCUT2D eigenvalue weighted by molar-refractivity contribution is -0.115. The topological polar surface area (TPSA) is 84.2 Å². The number of nitrogens with one attached hydrogen (secondary N) is 2. The van der Waals surface area contributed by atoms with E-state index in [-0.39, 0.29) is 18.5 Å². The lowest BCUT2D eigenvalue weighted by Crippen LogP contribution is -2.30. The van der Waals surface area contributed by atoms with Gasteiger partial charge in [-0.3, -0.25) is 9.59 Å². The van der Waals surface area contributed by atoms with E-state index < -0.39 is 5.91 Å². The van der Waals surface area contributed by atoms with Crippen LogP contribution in [0.15, 0.2) is 48.5 Å². The normalized spacial score (nSPS) is 11.7. The van der Waals surface area contributed by atoms with E-state index in [2.05, 4.69) is 10.6 Å². The van der Waals surface area contributed by atoms with Gasteiger partial charge in [0.15, 0.2) is 0 Å². The summed E-state index contributed by atoms with van der Waals surface area (Å²) in [6.45, 7) is 2.08. The van der Waals surface area contributed by atoms with Crippen LogP contribution < -0.4 is 16.4 Å². The maximum atomic E-state index is 12.0. The Hall–Kier alpha value is -2.37. The molecular formula is C17H18ClN3O2.